The number of imide groups is 1. The van der Waals surface area contributed by atoms with E-state index in [-0.39, 0.29) is 24.3 Å². The van der Waals surface area contributed by atoms with E-state index in [0.717, 1.165) is 18.5 Å². The Hall–Kier alpha value is -1.84. The summed E-state index contributed by atoms with van der Waals surface area (Å²) in [7, 11) is 0. The summed E-state index contributed by atoms with van der Waals surface area (Å²) in [4.78, 5) is 25.5. The Morgan fingerprint density at radius 2 is 1.95 bits per heavy atom. The van der Waals surface area contributed by atoms with Crippen LogP contribution in [-0.2, 0) is 22.4 Å². The fourth-order valence-electron chi connectivity index (χ4n) is 3.17. The molecule has 1 fully saturated rings. The number of anilines is 1. The second-order valence-electron chi connectivity index (χ2n) is 5.93. The first kappa shape index (κ1) is 13.2. The Morgan fingerprint density at radius 3 is 2.65 bits per heavy atom. The minimum atomic E-state index is -0.413. The van der Waals surface area contributed by atoms with Crippen LogP contribution < -0.4 is 5.32 Å². The van der Waals surface area contributed by atoms with Gasteiger partial charge in [0.05, 0.1) is 6.42 Å². The summed E-state index contributed by atoms with van der Waals surface area (Å²) < 4.78 is 0. The number of hydrogen-bond acceptors (Lipinski definition) is 3. The molecule has 4 nitrogen and oxygen atoms in total. The molecule has 1 aliphatic carbocycles. The monoisotopic (exact) mass is 272 g/mol. The minimum Gasteiger partial charge on any atom is -0.373 e. The molecule has 1 aliphatic heterocycles. The van der Waals surface area contributed by atoms with Crippen LogP contribution in [0.2, 0.25) is 0 Å². The molecule has 1 aromatic carbocycles. The maximum atomic E-state index is 12.2. The van der Waals surface area contributed by atoms with E-state index < -0.39 is 6.04 Å². The van der Waals surface area contributed by atoms with Gasteiger partial charge >= 0.3 is 0 Å². The fraction of sp³-hybridized carbons (Fsp3) is 0.500. The number of carbonyl (C=O) groups excluding carboxylic acids is 2. The predicted molar refractivity (Wildman–Crippen MR) is 77.5 cm³/mol. The number of rotatable bonds is 3. The third-order valence-electron chi connectivity index (χ3n) is 4.14. The molecule has 1 aromatic rings. The van der Waals surface area contributed by atoms with Gasteiger partial charge < -0.3 is 5.32 Å². The lowest BCUT2D eigenvalue weighted by atomic mass is 10.1. The van der Waals surface area contributed by atoms with Crippen LogP contribution in [0.3, 0.4) is 0 Å². The number of carbonyl (C=O) groups is 2. The van der Waals surface area contributed by atoms with Gasteiger partial charge in [0.15, 0.2) is 0 Å². The van der Waals surface area contributed by atoms with E-state index in [9.17, 15) is 9.59 Å². The largest absolute Gasteiger partial charge is 0.373 e. The van der Waals surface area contributed by atoms with E-state index in [1.807, 2.05) is 19.9 Å². The molecule has 2 amide bonds. The lowest BCUT2D eigenvalue weighted by molar-refractivity contribution is -0.140. The van der Waals surface area contributed by atoms with Gasteiger partial charge in [-0.15, -0.1) is 0 Å². The van der Waals surface area contributed by atoms with Crippen LogP contribution in [0.15, 0.2) is 18.2 Å². The molecule has 0 radical (unpaired) electrons. The van der Waals surface area contributed by atoms with Crippen molar-refractivity contribution in [2.24, 2.45) is 0 Å². The van der Waals surface area contributed by atoms with Crippen LogP contribution in [0.1, 0.15) is 37.8 Å². The highest BCUT2D eigenvalue weighted by atomic mass is 16.2. The van der Waals surface area contributed by atoms with Crippen molar-refractivity contribution in [2.45, 2.75) is 51.6 Å². The standard InChI is InChI=1S/C16H20N2O2/c1-10(2)18-15(19)9-14(16(18)20)17-13-7-6-11-4-3-5-12(11)8-13/h6-8,10,14,17H,3-5,9H2,1-2H3. The van der Waals surface area contributed by atoms with Gasteiger partial charge in [0.2, 0.25) is 5.91 Å². The van der Waals surface area contributed by atoms with Crippen LogP contribution in [0.25, 0.3) is 0 Å². The van der Waals surface area contributed by atoms with E-state index in [1.54, 1.807) is 0 Å². The smallest absolute Gasteiger partial charge is 0.252 e. The van der Waals surface area contributed by atoms with E-state index in [4.69, 9.17) is 0 Å². The van der Waals surface area contributed by atoms with E-state index in [1.165, 1.54) is 22.4 Å². The molecule has 0 bridgehead atoms. The molecule has 106 valence electrons. The number of likely N-dealkylation sites (tertiary alicyclic amines) is 1. The topological polar surface area (TPSA) is 49.4 Å². The molecule has 1 atom stereocenters. The second kappa shape index (κ2) is 4.93. The molecule has 0 spiro atoms. The molecule has 0 saturated carbocycles. The Kier molecular flexibility index (Phi) is 3.24. The lowest BCUT2D eigenvalue weighted by Gasteiger charge is -2.19. The summed E-state index contributed by atoms with van der Waals surface area (Å²) in [5.74, 6) is -0.186. The normalized spacial score (nSPS) is 21.8. The highest BCUT2D eigenvalue weighted by molar-refractivity contribution is 6.07. The average molecular weight is 272 g/mol. The molecular weight excluding hydrogens is 252 g/mol. The molecular formula is C16H20N2O2. The Labute approximate surface area is 119 Å². The number of hydrogen-bond donors (Lipinski definition) is 1. The molecule has 1 heterocycles. The second-order valence-corrected chi connectivity index (χ2v) is 5.93. The number of benzene rings is 1. The first-order chi connectivity index (χ1) is 9.56. The third-order valence-corrected chi connectivity index (χ3v) is 4.14. The minimum absolute atomic E-state index is 0.0678. The van der Waals surface area contributed by atoms with E-state index in [2.05, 4.69) is 17.4 Å². The Balaban J connectivity index is 1.76. The van der Waals surface area contributed by atoms with Gasteiger partial charge in [0.1, 0.15) is 6.04 Å². The number of fused-ring (bicyclic) bond motifs is 1. The third kappa shape index (κ3) is 2.19. The molecule has 1 N–H and O–H groups in total. The zero-order valence-corrected chi connectivity index (χ0v) is 12.0. The van der Waals surface area contributed by atoms with Crippen LogP contribution >= 0.6 is 0 Å². The van der Waals surface area contributed by atoms with Crippen molar-refractivity contribution in [2.75, 3.05) is 5.32 Å². The summed E-state index contributed by atoms with van der Waals surface area (Å²) in [6.07, 6.45) is 3.73. The maximum absolute atomic E-state index is 12.2. The van der Waals surface area contributed by atoms with Crippen molar-refractivity contribution in [3.8, 4) is 0 Å². The quantitative estimate of drug-likeness (QED) is 0.857. The van der Waals surface area contributed by atoms with Gasteiger partial charge in [-0.3, -0.25) is 14.5 Å². The van der Waals surface area contributed by atoms with Crippen LogP contribution in [0, 0.1) is 0 Å². The van der Waals surface area contributed by atoms with Gasteiger partial charge in [-0.1, -0.05) is 6.07 Å². The van der Waals surface area contributed by atoms with Crippen LogP contribution in [0.4, 0.5) is 5.69 Å². The number of amides is 2. The fourth-order valence-corrected chi connectivity index (χ4v) is 3.17. The van der Waals surface area contributed by atoms with Crippen LogP contribution in [0.5, 0.6) is 0 Å². The Morgan fingerprint density at radius 1 is 1.20 bits per heavy atom. The summed E-state index contributed by atoms with van der Waals surface area (Å²) >= 11 is 0. The van der Waals surface area contributed by atoms with Crippen molar-refractivity contribution in [3.63, 3.8) is 0 Å². The van der Waals surface area contributed by atoms with Crippen molar-refractivity contribution in [1.82, 2.24) is 4.90 Å². The molecule has 4 heteroatoms. The molecule has 1 unspecified atom stereocenters. The Bertz CT molecular complexity index is 566. The molecule has 0 aromatic heterocycles. The first-order valence-corrected chi connectivity index (χ1v) is 7.30. The van der Waals surface area contributed by atoms with Gasteiger partial charge in [-0.05, 0) is 56.4 Å². The highest BCUT2D eigenvalue weighted by Gasteiger charge is 2.39. The van der Waals surface area contributed by atoms with Gasteiger partial charge in [-0.2, -0.15) is 0 Å². The van der Waals surface area contributed by atoms with E-state index in [0.29, 0.717) is 0 Å². The summed E-state index contributed by atoms with van der Waals surface area (Å²) in [5.41, 5.74) is 3.73. The average Bonchev–Trinajstić information content (AvgIpc) is 2.94. The number of nitrogens with zero attached hydrogens (tertiary/aromatic N) is 1. The van der Waals surface area contributed by atoms with Crippen molar-refractivity contribution >= 4 is 17.5 Å². The van der Waals surface area contributed by atoms with Crippen molar-refractivity contribution < 1.29 is 9.59 Å². The highest BCUT2D eigenvalue weighted by Crippen LogP contribution is 2.26. The number of aryl methyl sites for hydroxylation is 2. The van der Waals surface area contributed by atoms with Crippen molar-refractivity contribution in [3.05, 3.63) is 29.3 Å². The van der Waals surface area contributed by atoms with Gasteiger partial charge in [-0.25, -0.2) is 0 Å². The van der Waals surface area contributed by atoms with Crippen molar-refractivity contribution in [1.29, 1.82) is 0 Å². The van der Waals surface area contributed by atoms with E-state index >= 15 is 0 Å². The molecule has 20 heavy (non-hydrogen) atoms. The van der Waals surface area contributed by atoms with Crippen LogP contribution in [-0.4, -0.2) is 28.8 Å². The summed E-state index contributed by atoms with van der Waals surface area (Å²) in [6, 6.07) is 5.79. The molecule has 1 saturated heterocycles. The molecule has 2 aliphatic rings. The summed E-state index contributed by atoms with van der Waals surface area (Å²) in [6.45, 7) is 3.74. The van der Waals surface area contributed by atoms with Gasteiger partial charge in [0, 0.05) is 11.7 Å². The first-order valence-electron chi connectivity index (χ1n) is 7.30. The number of nitrogens with one attached hydrogen (secondary N) is 1. The zero-order chi connectivity index (χ0) is 14.3. The lowest BCUT2D eigenvalue weighted by Crippen LogP contribution is -2.39. The summed E-state index contributed by atoms with van der Waals surface area (Å²) in [5, 5.41) is 3.22. The van der Waals surface area contributed by atoms with Gasteiger partial charge in [0.25, 0.3) is 5.91 Å². The predicted octanol–water partition coefficient (Wildman–Crippen LogP) is 2.12. The maximum Gasteiger partial charge on any atom is 0.252 e. The zero-order valence-electron chi connectivity index (χ0n) is 12.0. The SMILES string of the molecule is CC(C)N1C(=O)CC(Nc2ccc3c(c2)CCC3)C1=O. The molecule has 3 rings (SSSR count).